The molecule has 0 atom stereocenters. The second-order valence-electron chi connectivity index (χ2n) is 5.62. The molecular formula is C14H21ClN2. The van der Waals surface area contributed by atoms with Crippen molar-refractivity contribution in [3.05, 3.63) is 28.8 Å². The second-order valence-corrected chi connectivity index (χ2v) is 6.03. The van der Waals surface area contributed by atoms with Crippen LogP contribution in [-0.2, 0) is 6.42 Å². The number of para-hydroxylation sites is 1. The maximum absolute atomic E-state index is 6.36. The number of hydrogen-bond acceptors (Lipinski definition) is 2. The van der Waals surface area contributed by atoms with Crippen LogP contribution in [0.15, 0.2) is 18.2 Å². The predicted molar refractivity (Wildman–Crippen MR) is 74.8 cm³/mol. The van der Waals surface area contributed by atoms with Crippen LogP contribution in [0.2, 0.25) is 5.02 Å². The Bertz CT molecular complexity index is 401. The summed E-state index contributed by atoms with van der Waals surface area (Å²) >= 11 is 6.36. The fraction of sp³-hybridized carbons (Fsp3) is 0.571. The molecule has 2 nitrogen and oxygen atoms in total. The van der Waals surface area contributed by atoms with Gasteiger partial charge in [-0.25, -0.2) is 0 Å². The van der Waals surface area contributed by atoms with Crippen molar-refractivity contribution < 1.29 is 0 Å². The predicted octanol–water partition coefficient (Wildman–Crippen LogP) is 3.08. The zero-order chi connectivity index (χ0) is 12.5. The third-order valence-electron chi connectivity index (χ3n) is 3.48. The molecule has 1 aliphatic heterocycles. The third-order valence-corrected chi connectivity index (χ3v) is 3.78. The molecule has 3 heteroatoms. The Morgan fingerprint density at radius 2 is 2.18 bits per heavy atom. The molecule has 0 aliphatic carbocycles. The normalized spacial score (nSPS) is 18.7. The Morgan fingerprint density at radius 1 is 1.41 bits per heavy atom. The quantitative estimate of drug-likeness (QED) is 0.896. The summed E-state index contributed by atoms with van der Waals surface area (Å²) in [7, 11) is 0. The molecule has 2 N–H and O–H groups in total. The Labute approximate surface area is 109 Å². The molecule has 17 heavy (non-hydrogen) atoms. The van der Waals surface area contributed by atoms with E-state index < -0.39 is 0 Å². The fourth-order valence-electron chi connectivity index (χ4n) is 2.57. The largest absolute Gasteiger partial charge is 0.370 e. The van der Waals surface area contributed by atoms with Crippen LogP contribution in [0.4, 0.5) is 5.69 Å². The topological polar surface area (TPSA) is 29.3 Å². The minimum absolute atomic E-state index is 0.388. The van der Waals surface area contributed by atoms with Crippen LogP contribution in [0.3, 0.4) is 0 Å². The standard InChI is InChI=1S/C14H21ClN2/c1-14(2)7-9-17(10-14)13-11(6-8-16)4-3-5-12(13)15/h3-5H,6-10,16H2,1-2H3. The molecule has 1 fully saturated rings. The highest BCUT2D eigenvalue weighted by Gasteiger charge is 2.31. The Morgan fingerprint density at radius 3 is 2.76 bits per heavy atom. The van der Waals surface area contributed by atoms with Crippen molar-refractivity contribution in [3.8, 4) is 0 Å². The first-order valence-corrected chi connectivity index (χ1v) is 6.64. The number of anilines is 1. The molecule has 2 rings (SSSR count). The highest BCUT2D eigenvalue weighted by molar-refractivity contribution is 6.33. The lowest BCUT2D eigenvalue weighted by molar-refractivity contribution is 0.418. The van der Waals surface area contributed by atoms with Crippen LogP contribution in [0, 0.1) is 5.41 Å². The molecule has 0 radical (unpaired) electrons. The van der Waals surface area contributed by atoms with Gasteiger partial charge in [0.1, 0.15) is 0 Å². The molecule has 0 amide bonds. The zero-order valence-electron chi connectivity index (χ0n) is 10.7. The number of nitrogens with two attached hydrogens (primary N) is 1. The van der Waals surface area contributed by atoms with Gasteiger partial charge in [0.05, 0.1) is 10.7 Å². The van der Waals surface area contributed by atoms with E-state index in [1.165, 1.54) is 17.7 Å². The summed E-state index contributed by atoms with van der Waals surface area (Å²) in [5.74, 6) is 0. The molecule has 1 saturated heterocycles. The summed E-state index contributed by atoms with van der Waals surface area (Å²) in [5.41, 5.74) is 8.53. The van der Waals surface area contributed by atoms with Crippen LogP contribution in [0.25, 0.3) is 0 Å². The molecule has 0 bridgehead atoms. The van der Waals surface area contributed by atoms with Gasteiger partial charge in [-0.2, -0.15) is 0 Å². The van der Waals surface area contributed by atoms with E-state index in [4.69, 9.17) is 17.3 Å². The summed E-state index contributed by atoms with van der Waals surface area (Å²) in [6.45, 7) is 7.46. The highest BCUT2D eigenvalue weighted by Crippen LogP contribution is 2.37. The molecule has 1 heterocycles. The molecule has 0 unspecified atom stereocenters. The van der Waals surface area contributed by atoms with Crippen LogP contribution >= 0.6 is 11.6 Å². The third kappa shape index (κ3) is 2.75. The lowest BCUT2D eigenvalue weighted by Gasteiger charge is -2.25. The van der Waals surface area contributed by atoms with Gasteiger partial charge in [0.25, 0.3) is 0 Å². The molecule has 94 valence electrons. The first-order valence-electron chi connectivity index (χ1n) is 6.26. The summed E-state index contributed by atoms with van der Waals surface area (Å²) in [4.78, 5) is 2.41. The van der Waals surface area contributed by atoms with E-state index in [9.17, 15) is 0 Å². The average molecular weight is 253 g/mol. The van der Waals surface area contributed by atoms with E-state index >= 15 is 0 Å². The van der Waals surface area contributed by atoms with Gasteiger partial charge in [0.15, 0.2) is 0 Å². The van der Waals surface area contributed by atoms with Gasteiger partial charge in [0, 0.05) is 13.1 Å². The molecule has 0 aromatic heterocycles. The van der Waals surface area contributed by atoms with Crippen molar-refractivity contribution in [2.45, 2.75) is 26.7 Å². The molecular weight excluding hydrogens is 232 g/mol. The number of halogens is 1. The van der Waals surface area contributed by atoms with E-state index in [0.29, 0.717) is 12.0 Å². The number of benzene rings is 1. The van der Waals surface area contributed by atoms with Crippen molar-refractivity contribution in [2.75, 3.05) is 24.5 Å². The van der Waals surface area contributed by atoms with Crippen LogP contribution in [0.1, 0.15) is 25.8 Å². The van der Waals surface area contributed by atoms with Gasteiger partial charge in [-0.05, 0) is 36.4 Å². The number of hydrogen-bond donors (Lipinski definition) is 1. The smallest absolute Gasteiger partial charge is 0.0642 e. The van der Waals surface area contributed by atoms with Gasteiger partial charge in [-0.1, -0.05) is 37.6 Å². The fourth-order valence-corrected chi connectivity index (χ4v) is 2.89. The Hall–Kier alpha value is -0.730. The van der Waals surface area contributed by atoms with E-state index in [1.807, 2.05) is 12.1 Å². The summed E-state index contributed by atoms with van der Waals surface area (Å²) < 4.78 is 0. The number of nitrogens with zero attached hydrogens (tertiary/aromatic N) is 1. The summed E-state index contributed by atoms with van der Waals surface area (Å²) in [5, 5.41) is 0.855. The van der Waals surface area contributed by atoms with Crippen molar-refractivity contribution in [1.82, 2.24) is 0 Å². The average Bonchev–Trinajstić information content (AvgIpc) is 2.59. The first-order chi connectivity index (χ1) is 8.03. The monoisotopic (exact) mass is 252 g/mol. The van der Waals surface area contributed by atoms with Gasteiger partial charge < -0.3 is 10.6 Å². The molecule has 0 saturated carbocycles. The van der Waals surface area contributed by atoms with E-state index in [2.05, 4.69) is 24.8 Å². The van der Waals surface area contributed by atoms with Crippen LogP contribution in [-0.4, -0.2) is 19.6 Å². The van der Waals surface area contributed by atoms with E-state index in [0.717, 1.165) is 24.5 Å². The highest BCUT2D eigenvalue weighted by atomic mass is 35.5. The first kappa shape index (κ1) is 12.7. The number of rotatable bonds is 3. The summed E-state index contributed by atoms with van der Waals surface area (Å²) in [6.07, 6.45) is 2.12. The zero-order valence-corrected chi connectivity index (χ0v) is 11.4. The minimum Gasteiger partial charge on any atom is -0.370 e. The maximum atomic E-state index is 6.36. The van der Waals surface area contributed by atoms with Crippen LogP contribution < -0.4 is 10.6 Å². The lowest BCUT2D eigenvalue weighted by Crippen LogP contribution is -2.24. The minimum atomic E-state index is 0.388. The van der Waals surface area contributed by atoms with Crippen molar-refractivity contribution in [3.63, 3.8) is 0 Å². The van der Waals surface area contributed by atoms with Crippen molar-refractivity contribution >= 4 is 17.3 Å². The molecule has 1 aliphatic rings. The van der Waals surface area contributed by atoms with Gasteiger partial charge in [0.2, 0.25) is 0 Å². The molecule has 1 aromatic carbocycles. The van der Waals surface area contributed by atoms with E-state index in [-0.39, 0.29) is 0 Å². The molecule has 0 spiro atoms. The maximum Gasteiger partial charge on any atom is 0.0642 e. The lowest BCUT2D eigenvalue weighted by atomic mass is 9.93. The van der Waals surface area contributed by atoms with Gasteiger partial charge in [-0.15, -0.1) is 0 Å². The Balaban J connectivity index is 2.31. The SMILES string of the molecule is CC1(C)CCN(c2c(Cl)cccc2CCN)C1. The van der Waals surface area contributed by atoms with Crippen molar-refractivity contribution in [1.29, 1.82) is 0 Å². The summed E-state index contributed by atoms with van der Waals surface area (Å²) in [6, 6.07) is 6.12. The van der Waals surface area contributed by atoms with E-state index in [1.54, 1.807) is 0 Å². The van der Waals surface area contributed by atoms with Crippen LogP contribution in [0.5, 0.6) is 0 Å². The second kappa shape index (κ2) is 4.87. The van der Waals surface area contributed by atoms with Gasteiger partial charge >= 0.3 is 0 Å². The van der Waals surface area contributed by atoms with Crippen molar-refractivity contribution in [2.24, 2.45) is 11.1 Å². The van der Waals surface area contributed by atoms with Gasteiger partial charge in [-0.3, -0.25) is 0 Å². The molecule has 1 aromatic rings. The Kier molecular flexibility index (Phi) is 3.64.